The molecule has 4 heteroatoms. The van der Waals surface area contributed by atoms with Gasteiger partial charge in [0.1, 0.15) is 0 Å². The van der Waals surface area contributed by atoms with Gasteiger partial charge in [-0.15, -0.1) is 0 Å². The lowest BCUT2D eigenvalue weighted by atomic mass is 10.3. The van der Waals surface area contributed by atoms with Crippen molar-refractivity contribution >= 4 is 0 Å². The second kappa shape index (κ2) is 8.93. The molecular weight excluding hydrogens is 158 g/mol. The van der Waals surface area contributed by atoms with Crippen LogP contribution in [0.15, 0.2) is 0 Å². The highest BCUT2D eigenvalue weighted by molar-refractivity contribution is 4.47. The fourth-order valence-electron chi connectivity index (χ4n) is 0.924. The summed E-state index contributed by atoms with van der Waals surface area (Å²) in [6, 6.07) is 0. The van der Waals surface area contributed by atoms with Gasteiger partial charge in [-0.25, -0.2) is 0 Å². The number of hydrogen-bond acceptors (Lipinski definition) is 4. The fraction of sp³-hybridized carbons (Fsp3) is 1.00. The summed E-state index contributed by atoms with van der Waals surface area (Å²) in [5, 5.41) is 27.3. The molecule has 0 fully saturated rings. The Labute approximate surface area is 73.4 Å². The third kappa shape index (κ3) is 7.94. The van der Waals surface area contributed by atoms with Gasteiger partial charge in [0.2, 0.25) is 0 Å². The lowest BCUT2D eigenvalue weighted by Crippen LogP contribution is -2.22. The van der Waals surface area contributed by atoms with E-state index in [-0.39, 0.29) is 13.2 Å². The van der Waals surface area contributed by atoms with E-state index in [9.17, 15) is 5.21 Å². The van der Waals surface area contributed by atoms with Gasteiger partial charge in [0.25, 0.3) is 0 Å². The van der Waals surface area contributed by atoms with Gasteiger partial charge in [-0.3, -0.25) is 0 Å². The van der Waals surface area contributed by atoms with Crippen LogP contribution in [0.3, 0.4) is 0 Å². The van der Waals surface area contributed by atoms with Gasteiger partial charge < -0.3 is 15.4 Å². The highest BCUT2D eigenvalue weighted by Crippen LogP contribution is 1.95. The van der Waals surface area contributed by atoms with E-state index in [0.717, 1.165) is 25.7 Å². The molecule has 0 aliphatic heterocycles. The Hall–Kier alpha value is -0.160. The van der Waals surface area contributed by atoms with Crippen LogP contribution in [-0.2, 0) is 0 Å². The lowest BCUT2D eigenvalue weighted by Gasteiger charge is -2.13. The number of unbranched alkanes of at least 4 members (excludes halogenated alkanes) is 2. The Morgan fingerprint density at radius 1 is 0.750 bits per heavy atom. The van der Waals surface area contributed by atoms with Gasteiger partial charge in [0.05, 0.1) is 0 Å². The van der Waals surface area contributed by atoms with Crippen molar-refractivity contribution in [3.63, 3.8) is 0 Å². The number of aliphatic hydroxyl groups is 2. The van der Waals surface area contributed by atoms with Crippen LogP contribution in [0.25, 0.3) is 0 Å². The summed E-state index contributed by atoms with van der Waals surface area (Å²) >= 11 is 0. The highest BCUT2D eigenvalue weighted by atomic mass is 16.5. The van der Waals surface area contributed by atoms with Crippen molar-refractivity contribution in [1.82, 2.24) is 5.06 Å². The second-order valence-corrected chi connectivity index (χ2v) is 2.82. The van der Waals surface area contributed by atoms with Crippen LogP contribution < -0.4 is 0 Å². The number of hydroxylamine groups is 2. The molecule has 0 heterocycles. The molecule has 0 aromatic heterocycles. The van der Waals surface area contributed by atoms with E-state index in [1.165, 1.54) is 5.06 Å². The minimum atomic E-state index is 0.185. The average Bonchev–Trinajstić information content (AvgIpc) is 2.06. The number of rotatable bonds is 8. The van der Waals surface area contributed by atoms with Gasteiger partial charge in [0, 0.05) is 26.3 Å². The van der Waals surface area contributed by atoms with Crippen LogP contribution in [0.5, 0.6) is 0 Å². The van der Waals surface area contributed by atoms with E-state index in [1.807, 2.05) is 0 Å². The van der Waals surface area contributed by atoms with Crippen LogP contribution >= 0.6 is 0 Å². The SMILES string of the molecule is OCCCCN(O)CCCCO. The number of aliphatic hydroxyl groups excluding tert-OH is 2. The average molecular weight is 177 g/mol. The quantitative estimate of drug-likeness (QED) is 0.366. The van der Waals surface area contributed by atoms with Crippen LogP contribution in [0.1, 0.15) is 25.7 Å². The summed E-state index contributed by atoms with van der Waals surface area (Å²) < 4.78 is 0. The van der Waals surface area contributed by atoms with E-state index in [2.05, 4.69) is 0 Å². The molecule has 0 bridgehead atoms. The molecule has 0 unspecified atom stereocenters. The van der Waals surface area contributed by atoms with Crippen molar-refractivity contribution in [3.05, 3.63) is 0 Å². The standard InChI is InChI=1S/C8H19NO3/c10-7-3-1-5-9(12)6-2-4-8-11/h10-12H,1-8H2. The molecule has 74 valence electrons. The summed E-state index contributed by atoms with van der Waals surface area (Å²) in [6.45, 7) is 1.58. The topological polar surface area (TPSA) is 63.9 Å². The van der Waals surface area contributed by atoms with E-state index >= 15 is 0 Å². The third-order valence-electron chi connectivity index (χ3n) is 1.65. The molecule has 0 aromatic rings. The van der Waals surface area contributed by atoms with Crippen LogP contribution in [-0.4, -0.2) is 46.8 Å². The zero-order chi connectivity index (χ0) is 9.23. The molecule has 0 saturated heterocycles. The third-order valence-corrected chi connectivity index (χ3v) is 1.65. The Morgan fingerprint density at radius 2 is 1.17 bits per heavy atom. The minimum Gasteiger partial charge on any atom is -0.396 e. The van der Waals surface area contributed by atoms with E-state index in [4.69, 9.17) is 10.2 Å². The van der Waals surface area contributed by atoms with Crippen molar-refractivity contribution in [3.8, 4) is 0 Å². The van der Waals surface area contributed by atoms with Crippen molar-refractivity contribution < 1.29 is 15.4 Å². The first-order chi connectivity index (χ1) is 5.81. The largest absolute Gasteiger partial charge is 0.396 e. The summed E-state index contributed by atoms with van der Waals surface area (Å²) in [4.78, 5) is 0. The molecule has 0 atom stereocenters. The van der Waals surface area contributed by atoms with Crippen LogP contribution in [0.4, 0.5) is 0 Å². The predicted molar refractivity (Wildman–Crippen MR) is 46.0 cm³/mol. The zero-order valence-electron chi connectivity index (χ0n) is 7.45. The normalized spacial score (nSPS) is 11.0. The van der Waals surface area contributed by atoms with Crippen LogP contribution in [0, 0.1) is 0 Å². The van der Waals surface area contributed by atoms with Crippen molar-refractivity contribution in [1.29, 1.82) is 0 Å². The first-order valence-electron chi connectivity index (χ1n) is 4.46. The summed E-state index contributed by atoms with van der Waals surface area (Å²) in [5.74, 6) is 0. The molecule has 4 nitrogen and oxygen atoms in total. The molecule has 0 spiro atoms. The first-order valence-corrected chi connectivity index (χ1v) is 4.46. The van der Waals surface area contributed by atoms with Gasteiger partial charge >= 0.3 is 0 Å². The molecule has 0 aliphatic carbocycles. The maximum atomic E-state index is 9.17. The Morgan fingerprint density at radius 3 is 1.50 bits per heavy atom. The smallest absolute Gasteiger partial charge is 0.0431 e. The predicted octanol–water partition coefficient (Wildman–Crippen LogP) is 0.223. The zero-order valence-corrected chi connectivity index (χ0v) is 7.45. The molecule has 0 saturated carbocycles. The maximum absolute atomic E-state index is 9.17. The maximum Gasteiger partial charge on any atom is 0.0431 e. The van der Waals surface area contributed by atoms with Gasteiger partial charge in [0.15, 0.2) is 0 Å². The van der Waals surface area contributed by atoms with Crippen molar-refractivity contribution in [2.75, 3.05) is 26.3 Å². The molecule has 3 N–H and O–H groups in total. The Bertz CT molecular complexity index is 80.4. The number of nitrogens with zero attached hydrogens (tertiary/aromatic N) is 1. The highest BCUT2D eigenvalue weighted by Gasteiger charge is 1.98. The van der Waals surface area contributed by atoms with Crippen molar-refractivity contribution in [2.45, 2.75) is 25.7 Å². The summed E-state index contributed by atoms with van der Waals surface area (Å²) in [6.07, 6.45) is 3.09. The molecule has 0 aromatic carbocycles. The Kier molecular flexibility index (Phi) is 8.81. The molecule has 0 rings (SSSR count). The van der Waals surface area contributed by atoms with Crippen molar-refractivity contribution in [2.24, 2.45) is 0 Å². The summed E-state index contributed by atoms with van der Waals surface area (Å²) in [5.41, 5.74) is 0. The van der Waals surface area contributed by atoms with Gasteiger partial charge in [-0.05, 0) is 25.7 Å². The fourth-order valence-corrected chi connectivity index (χ4v) is 0.924. The molecule has 0 radical (unpaired) electrons. The van der Waals surface area contributed by atoms with Gasteiger partial charge in [-0.2, -0.15) is 5.06 Å². The molecular formula is C8H19NO3. The molecule has 12 heavy (non-hydrogen) atoms. The van der Waals surface area contributed by atoms with E-state index < -0.39 is 0 Å². The number of hydrogen-bond donors (Lipinski definition) is 3. The van der Waals surface area contributed by atoms with E-state index in [0.29, 0.717) is 13.1 Å². The van der Waals surface area contributed by atoms with Gasteiger partial charge in [-0.1, -0.05) is 0 Å². The summed E-state index contributed by atoms with van der Waals surface area (Å²) in [7, 11) is 0. The monoisotopic (exact) mass is 177 g/mol. The first kappa shape index (κ1) is 11.8. The van der Waals surface area contributed by atoms with E-state index in [1.54, 1.807) is 0 Å². The second-order valence-electron chi connectivity index (χ2n) is 2.82. The van der Waals surface area contributed by atoms with Crippen LogP contribution in [0.2, 0.25) is 0 Å². The Balaban J connectivity index is 3.04. The molecule has 0 aliphatic rings. The minimum absolute atomic E-state index is 0.185. The molecule has 0 amide bonds. The lowest BCUT2D eigenvalue weighted by molar-refractivity contribution is -0.0931.